The molecule has 1 aliphatic carbocycles. The highest BCUT2D eigenvalue weighted by molar-refractivity contribution is 5.95. The predicted octanol–water partition coefficient (Wildman–Crippen LogP) is 1.01. The minimum absolute atomic E-state index is 0.185. The van der Waals surface area contributed by atoms with Gasteiger partial charge >= 0.3 is 0 Å². The van der Waals surface area contributed by atoms with Gasteiger partial charge in [-0.3, -0.25) is 14.8 Å². The van der Waals surface area contributed by atoms with Crippen LogP contribution in [0.2, 0.25) is 0 Å². The number of carbonyl (C=O) groups is 2. The molecule has 2 amide bonds. The Kier molecular flexibility index (Phi) is 3.62. The summed E-state index contributed by atoms with van der Waals surface area (Å²) in [6, 6.07) is 7.06. The Labute approximate surface area is 105 Å². The van der Waals surface area contributed by atoms with Crippen LogP contribution in [0.15, 0.2) is 24.3 Å². The van der Waals surface area contributed by atoms with Crippen molar-refractivity contribution in [3.63, 3.8) is 0 Å². The molecule has 1 aromatic rings. The number of benzene rings is 1. The van der Waals surface area contributed by atoms with Crippen LogP contribution < -0.4 is 10.8 Å². The highest BCUT2D eigenvalue weighted by atomic mass is 16.5. The SMILES string of the molecule is Cc1ccc(C(=O)N[C@@H]2CC[C@@H]2C(=O)NO)cc1. The van der Waals surface area contributed by atoms with E-state index in [0.717, 1.165) is 12.0 Å². The zero-order valence-corrected chi connectivity index (χ0v) is 10.1. The molecule has 1 fully saturated rings. The van der Waals surface area contributed by atoms with Crippen LogP contribution in [0.3, 0.4) is 0 Å². The molecule has 0 heterocycles. The maximum atomic E-state index is 11.9. The fourth-order valence-electron chi connectivity index (χ4n) is 2.03. The van der Waals surface area contributed by atoms with Gasteiger partial charge in [-0.25, -0.2) is 5.48 Å². The average Bonchev–Trinajstić information content (AvgIpc) is 2.35. The molecule has 2 atom stereocenters. The Hall–Kier alpha value is -1.88. The molecule has 96 valence electrons. The van der Waals surface area contributed by atoms with Gasteiger partial charge in [-0.15, -0.1) is 0 Å². The largest absolute Gasteiger partial charge is 0.349 e. The van der Waals surface area contributed by atoms with Gasteiger partial charge in [-0.05, 0) is 31.9 Å². The van der Waals surface area contributed by atoms with Gasteiger partial charge in [-0.1, -0.05) is 17.7 Å². The number of hydrogen-bond acceptors (Lipinski definition) is 3. The van der Waals surface area contributed by atoms with Gasteiger partial charge in [0.25, 0.3) is 5.91 Å². The van der Waals surface area contributed by atoms with Gasteiger partial charge in [-0.2, -0.15) is 0 Å². The standard InChI is InChI=1S/C13H16N2O3/c1-8-2-4-9(5-3-8)12(16)14-11-7-6-10(11)13(17)15-18/h2-5,10-11,18H,6-7H2,1H3,(H,14,16)(H,15,17)/t10-,11+/m0/s1. The minimum Gasteiger partial charge on any atom is -0.349 e. The molecule has 0 aliphatic heterocycles. The summed E-state index contributed by atoms with van der Waals surface area (Å²) in [5.74, 6) is -0.949. The second-order valence-corrected chi connectivity index (χ2v) is 4.61. The number of nitrogens with one attached hydrogen (secondary N) is 2. The smallest absolute Gasteiger partial charge is 0.251 e. The Morgan fingerprint density at radius 3 is 2.39 bits per heavy atom. The summed E-state index contributed by atoms with van der Waals surface area (Å²) < 4.78 is 0. The molecular weight excluding hydrogens is 232 g/mol. The molecule has 0 unspecified atom stereocenters. The van der Waals surface area contributed by atoms with Crippen molar-refractivity contribution in [1.82, 2.24) is 10.8 Å². The second-order valence-electron chi connectivity index (χ2n) is 4.61. The van der Waals surface area contributed by atoms with E-state index in [1.807, 2.05) is 19.1 Å². The van der Waals surface area contributed by atoms with Gasteiger partial charge in [0.05, 0.1) is 5.92 Å². The van der Waals surface area contributed by atoms with Crippen LogP contribution in [-0.2, 0) is 4.79 Å². The van der Waals surface area contributed by atoms with Crippen molar-refractivity contribution in [3.8, 4) is 0 Å². The number of hydrogen-bond donors (Lipinski definition) is 3. The molecule has 0 spiro atoms. The molecule has 1 aromatic carbocycles. The van der Waals surface area contributed by atoms with E-state index in [9.17, 15) is 9.59 Å². The van der Waals surface area contributed by atoms with E-state index in [4.69, 9.17) is 5.21 Å². The Morgan fingerprint density at radius 1 is 1.22 bits per heavy atom. The van der Waals surface area contributed by atoms with Crippen LogP contribution in [0, 0.1) is 12.8 Å². The fraction of sp³-hybridized carbons (Fsp3) is 0.385. The lowest BCUT2D eigenvalue weighted by Crippen LogP contribution is -2.52. The summed E-state index contributed by atoms with van der Waals surface area (Å²) in [7, 11) is 0. The van der Waals surface area contributed by atoms with E-state index < -0.39 is 5.91 Å². The maximum Gasteiger partial charge on any atom is 0.251 e. The molecule has 5 nitrogen and oxygen atoms in total. The number of amides is 2. The first kappa shape index (κ1) is 12.6. The van der Waals surface area contributed by atoms with Gasteiger partial charge in [0.15, 0.2) is 0 Å². The highest BCUT2D eigenvalue weighted by Gasteiger charge is 2.37. The van der Waals surface area contributed by atoms with Gasteiger partial charge < -0.3 is 5.32 Å². The molecular formula is C13H16N2O3. The number of aryl methyl sites for hydroxylation is 1. The number of rotatable bonds is 3. The summed E-state index contributed by atoms with van der Waals surface area (Å²) in [6.45, 7) is 1.95. The van der Waals surface area contributed by atoms with E-state index in [1.165, 1.54) is 0 Å². The lowest BCUT2D eigenvalue weighted by Gasteiger charge is -2.35. The van der Waals surface area contributed by atoms with E-state index >= 15 is 0 Å². The van der Waals surface area contributed by atoms with Crippen molar-refractivity contribution in [2.75, 3.05) is 0 Å². The third-order valence-electron chi connectivity index (χ3n) is 3.35. The topological polar surface area (TPSA) is 78.4 Å². The third kappa shape index (κ3) is 2.51. The lowest BCUT2D eigenvalue weighted by molar-refractivity contribution is -0.137. The zero-order chi connectivity index (χ0) is 13.1. The molecule has 1 aliphatic rings. The van der Waals surface area contributed by atoms with Crippen molar-refractivity contribution in [2.45, 2.75) is 25.8 Å². The maximum absolute atomic E-state index is 11.9. The molecule has 0 aromatic heterocycles. The van der Waals surface area contributed by atoms with E-state index in [2.05, 4.69) is 5.32 Å². The van der Waals surface area contributed by atoms with Crippen molar-refractivity contribution < 1.29 is 14.8 Å². The first-order valence-electron chi connectivity index (χ1n) is 5.93. The highest BCUT2D eigenvalue weighted by Crippen LogP contribution is 2.27. The van der Waals surface area contributed by atoms with E-state index in [1.54, 1.807) is 17.6 Å². The Balaban J connectivity index is 1.96. The average molecular weight is 248 g/mol. The quantitative estimate of drug-likeness (QED) is 0.551. The number of hydroxylamine groups is 1. The van der Waals surface area contributed by atoms with E-state index in [-0.39, 0.29) is 17.9 Å². The van der Waals surface area contributed by atoms with Crippen LogP contribution in [0.25, 0.3) is 0 Å². The zero-order valence-electron chi connectivity index (χ0n) is 10.1. The fourth-order valence-corrected chi connectivity index (χ4v) is 2.03. The van der Waals surface area contributed by atoms with Crippen molar-refractivity contribution in [1.29, 1.82) is 0 Å². The van der Waals surface area contributed by atoms with Crippen molar-refractivity contribution in [2.24, 2.45) is 5.92 Å². The molecule has 18 heavy (non-hydrogen) atoms. The van der Waals surface area contributed by atoms with Gasteiger partial charge in [0, 0.05) is 11.6 Å². The second kappa shape index (κ2) is 5.18. The van der Waals surface area contributed by atoms with Crippen molar-refractivity contribution in [3.05, 3.63) is 35.4 Å². The monoisotopic (exact) mass is 248 g/mol. The molecule has 0 radical (unpaired) electrons. The van der Waals surface area contributed by atoms with Crippen LogP contribution in [0.4, 0.5) is 0 Å². The molecule has 2 rings (SSSR count). The Bertz CT molecular complexity index is 456. The molecule has 0 bridgehead atoms. The minimum atomic E-state index is -0.435. The summed E-state index contributed by atoms with van der Waals surface area (Å²) in [5.41, 5.74) is 3.30. The van der Waals surface area contributed by atoms with Crippen LogP contribution in [0.1, 0.15) is 28.8 Å². The normalized spacial score (nSPS) is 21.9. The molecule has 0 saturated heterocycles. The lowest BCUT2D eigenvalue weighted by atomic mass is 9.79. The van der Waals surface area contributed by atoms with Crippen molar-refractivity contribution >= 4 is 11.8 Å². The van der Waals surface area contributed by atoms with Crippen LogP contribution in [-0.4, -0.2) is 23.1 Å². The summed E-state index contributed by atoms with van der Waals surface area (Å²) in [4.78, 5) is 23.2. The number of carbonyl (C=O) groups excluding carboxylic acids is 2. The van der Waals surface area contributed by atoms with E-state index in [0.29, 0.717) is 12.0 Å². The first-order valence-corrected chi connectivity index (χ1v) is 5.93. The van der Waals surface area contributed by atoms with Gasteiger partial charge in [0.1, 0.15) is 0 Å². The molecule has 5 heteroatoms. The summed E-state index contributed by atoms with van der Waals surface area (Å²) >= 11 is 0. The molecule has 1 saturated carbocycles. The third-order valence-corrected chi connectivity index (χ3v) is 3.35. The van der Waals surface area contributed by atoms with Crippen LogP contribution in [0.5, 0.6) is 0 Å². The van der Waals surface area contributed by atoms with Gasteiger partial charge in [0.2, 0.25) is 5.91 Å². The van der Waals surface area contributed by atoms with Crippen LogP contribution >= 0.6 is 0 Å². The molecule has 3 N–H and O–H groups in total. The predicted molar refractivity (Wildman–Crippen MR) is 65.1 cm³/mol. The first-order chi connectivity index (χ1) is 8.61. The summed E-state index contributed by atoms with van der Waals surface area (Å²) in [6.07, 6.45) is 1.45. The Morgan fingerprint density at radius 2 is 1.89 bits per heavy atom. The summed E-state index contributed by atoms with van der Waals surface area (Å²) in [5, 5.41) is 11.4.